The Morgan fingerprint density at radius 1 is 1.12 bits per heavy atom. The van der Waals surface area contributed by atoms with Crippen LogP contribution in [0.25, 0.3) is 16.9 Å². The zero-order chi connectivity index (χ0) is 36.3. The van der Waals surface area contributed by atoms with Crippen LogP contribution in [-0.4, -0.2) is 83.9 Å². The number of fused-ring (bicyclic) bond motifs is 1. The summed E-state index contributed by atoms with van der Waals surface area (Å²) < 4.78 is 35.7. The summed E-state index contributed by atoms with van der Waals surface area (Å²) in [4.78, 5) is 46.0. The lowest BCUT2D eigenvalue weighted by Crippen LogP contribution is -2.43. The van der Waals surface area contributed by atoms with Crippen LogP contribution in [0.4, 0.5) is 20.3 Å². The van der Waals surface area contributed by atoms with Gasteiger partial charge in [0, 0.05) is 48.8 Å². The van der Waals surface area contributed by atoms with Crippen molar-refractivity contribution >= 4 is 41.8 Å². The van der Waals surface area contributed by atoms with Gasteiger partial charge < -0.3 is 43.0 Å². The van der Waals surface area contributed by atoms with E-state index in [1.165, 1.54) is 45.0 Å². The fourth-order valence-electron chi connectivity index (χ4n) is 4.61. The zero-order valence-corrected chi connectivity index (χ0v) is 27.5. The average Bonchev–Trinajstić information content (AvgIpc) is 3.55. The highest BCUT2D eigenvalue weighted by atomic mass is 19.2. The molecule has 264 valence electrons. The van der Waals surface area contributed by atoms with Crippen LogP contribution in [0, 0.1) is 11.6 Å². The second-order valence-corrected chi connectivity index (χ2v) is 9.86. The molecular weight excluding hydrogens is 642 g/mol. The normalized spacial score (nSPS) is 11.1. The lowest BCUT2D eigenvalue weighted by Gasteiger charge is -2.14. The number of nitrogens with two attached hydrogens (primary N) is 3. The van der Waals surface area contributed by atoms with Crippen LogP contribution in [0.3, 0.4) is 0 Å². The number of nitrogens with zero attached hydrogens (tertiary/aromatic N) is 4. The number of aromatic nitrogens is 3. The molecule has 0 aliphatic heterocycles. The number of halogens is 2. The summed E-state index contributed by atoms with van der Waals surface area (Å²) in [5.41, 5.74) is 18.3. The Labute approximate surface area is 282 Å². The number of carboxylic acid groups (broad SMARTS) is 1. The largest absolute Gasteiger partial charge is 0.494 e. The number of benzene rings is 2. The number of carbonyl (C=O) groups excluding carboxylic acids is 2. The molecule has 4 rings (SSSR count). The van der Waals surface area contributed by atoms with Crippen molar-refractivity contribution in [3.8, 4) is 17.0 Å². The molecule has 4 aromatic rings. The van der Waals surface area contributed by atoms with Crippen molar-refractivity contribution in [3.05, 3.63) is 71.7 Å². The first-order valence-corrected chi connectivity index (χ1v) is 15.1. The summed E-state index contributed by atoms with van der Waals surface area (Å²) in [6, 6.07) is 7.38. The SMILES string of the molecule is CCc1cc(Nc2nccn3c(-c4ccc(OC)c(F)c4F)cnc23)ccc1C(=O)NCCNC(=O)[C@H](N)CCCN=CN.CN.O=CO. The lowest BCUT2D eigenvalue weighted by molar-refractivity contribution is -0.123. The van der Waals surface area contributed by atoms with Gasteiger partial charge in [0.2, 0.25) is 11.7 Å². The van der Waals surface area contributed by atoms with E-state index >= 15 is 0 Å². The molecule has 2 heterocycles. The van der Waals surface area contributed by atoms with E-state index in [0.29, 0.717) is 54.2 Å². The maximum atomic E-state index is 14.8. The molecule has 10 N–H and O–H groups in total. The summed E-state index contributed by atoms with van der Waals surface area (Å²) in [6.45, 7) is 2.64. The van der Waals surface area contributed by atoms with E-state index in [9.17, 15) is 18.4 Å². The van der Waals surface area contributed by atoms with Gasteiger partial charge in [-0.25, -0.2) is 14.4 Å². The molecule has 0 saturated carbocycles. The number of rotatable bonds is 14. The molecular formula is C32H42F2N10O5. The number of amides is 2. The van der Waals surface area contributed by atoms with Gasteiger partial charge in [-0.3, -0.25) is 23.8 Å². The third-order valence-corrected chi connectivity index (χ3v) is 6.92. The lowest BCUT2D eigenvalue weighted by atomic mass is 10.0. The molecule has 0 unspecified atom stereocenters. The van der Waals surface area contributed by atoms with Crippen LogP contribution >= 0.6 is 0 Å². The summed E-state index contributed by atoms with van der Waals surface area (Å²) in [6.07, 6.45) is 7.46. The first kappa shape index (κ1) is 39.5. The molecule has 1 atom stereocenters. The molecule has 0 saturated heterocycles. The number of hydrogen-bond donors (Lipinski definition) is 7. The summed E-state index contributed by atoms with van der Waals surface area (Å²) in [5.74, 6) is -2.52. The number of hydrogen-bond acceptors (Lipinski definition) is 10. The zero-order valence-electron chi connectivity index (χ0n) is 27.5. The minimum atomic E-state index is -1.08. The van der Waals surface area contributed by atoms with Crippen molar-refractivity contribution in [1.29, 1.82) is 0 Å². The first-order valence-electron chi connectivity index (χ1n) is 15.1. The predicted molar refractivity (Wildman–Crippen MR) is 183 cm³/mol. The molecule has 0 radical (unpaired) electrons. The summed E-state index contributed by atoms with van der Waals surface area (Å²) in [7, 11) is 2.77. The van der Waals surface area contributed by atoms with Gasteiger partial charge in [-0.1, -0.05) is 6.92 Å². The van der Waals surface area contributed by atoms with Crippen LogP contribution in [-0.2, 0) is 16.0 Å². The quantitative estimate of drug-likeness (QED) is 0.0440. The van der Waals surface area contributed by atoms with Crippen molar-refractivity contribution < 1.29 is 33.0 Å². The van der Waals surface area contributed by atoms with Gasteiger partial charge in [-0.05, 0) is 62.2 Å². The van der Waals surface area contributed by atoms with Crippen LogP contribution < -0.4 is 37.9 Å². The Balaban J connectivity index is 0.00000158. The van der Waals surface area contributed by atoms with Gasteiger partial charge in [0.15, 0.2) is 23.0 Å². The van der Waals surface area contributed by atoms with Gasteiger partial charge in [-0.15, -0.1) is 0 Å². The number of nitrogens with one attached hydrogen (secondary N) is 3. The van der Waals surface area contributed by atoms with E-state index in [-0.39, 0.29) is 42.7 Å². The second kappa shape index (κ2) is 20.5. The van der Waals surface area contributed by atoms with Gasteiger partial charge in [0.1, 0.15) is 0 Å². The van der Waals surface area contributed by atoms with E-state index in [4.69, 9.17) is 26.1 Å². The predicted octanol–water partition coefficient (Wildman–Crippen LogP) is 2.21. The summed E-state index contributed by atoms with van der Waals surface area (Å²) in [5, 5.41) is 15.6. The molecule has 49 heavy (non-hydrogen) atoms. The Kier molecular flexibility index (Phi) is 16.6. The molecule has 0 bridgehead atoms. The molecule has 0 fully saturated rings. The number of aliphatic imine (C=N–C) groups is 1. The maximum absolute atomic E-state index is 14.8. The highest BCUT2D eigenvalue weighted by Gasteiger charge is 2.20. The maximum Gasteiger partial charge on any atom is 0.290 e. The Morgan fingerprint density at radius 3 is 2.51 bits per heavy atom. The van der Waals surface area contributed by atoms with Gasteiger partial charge in [0.05, 0.1) is 31.4 Å². The number of ether oxygens (including phenoxy) is 1. The van der Waals surface area contributed by atoms with Crippen LogP contribution in [0.5, 0.6) is 5.75 Å². The minimum Gasteiger partial charge on any atom is -0.494 e. The number of methoxy groups -OCH3 is 1. The van der Waals surface area contributed by atoms with Crippen LogP contribution in [0.2, 0.25) is 0 Å². The topological polar surface area (TPSA) is 237 Å². The van der Waals surface area contributed by atoms with Gasteiger partial charge in [0.25, 0.3) is 12.4 Å². The number of aryl methyl sites for hydroxylation is 1. The summed E-state index contributed by atoms with van der Waals surface area (Å²) >= 11 is 0. The Bertz CT molecular complexity index is 1720. The van der Waals surface area contributed by atoms with Crippen LogP contribution in [0.1, 0.15) is 35.7 Å². The smallest absolute Gasteiger partial charge is 0.290 e. The fraction of sp³-hybridized carbons (Fsp3) is 0.312. The number of anilines is 2. The van der Waals surface area contributed by atoms with Crippen molar-refractivity contribution in [2.24, 2.45) is 22.2 Å². The Hall–Kier alpha value is -5.68. The molecule has 0 aliphatic rings. The van der Waals surface area contributed by atoms with E-state index in [0.717, 1.165) is 5.56 Å². The van der Waals surface area contributed by atoms with Crippen molar-refractivity contribution in [2.45, 2.75) is 32.2 Å². The van der Waals surface area contributed by atoms with Gasteiger partial charge in [-0.2, -0.15) is 4.39 Å². The molecule has 2 amide bonds. The van der Waals surface area contributed by atoms with Crippen LogP contribution in [0.15, 0.2) is 53.9 Å². The minimum absolute atomic E-state index is 0.0209. The molecule has 17 heteroatoms. The molecule has 2 aromatic carbocycles. The average molecular weight is 685 g/mol. The number of imidazole rings is 1. The molecule has 2 aromatic heterocycles. The second-order valence-electron chi connectivity index (χ2n) is 9.86. The first-order chi connectivity index (χ1) is 23.7. The third-order valence-electron chi connectivity index (χ3n) is 6.92. The molecule has 15 nitrogen and oxygen atoms in total. The highest BCUT2D eigenvalue weighted by molar-refractivity contribution is 5.96. The fourth-order valence-corrected chi connectivity index (χ4v) is 4.61. The van der Waals surface area contributed by atoms with E-state index in [1.54, 1.807) is 22.7 Å². The van der Waals surface area contributed by atoms with Crippen molar-refractivity contribution in [1.82, 2.24) is 25.0 Å². The third kappa shape index (κ3) is 10.7. The van der Waals surface area contributed by atoms with E-state index in [2.05, 4.69) is 36.6 Å². The Morgan fingerprint density at radius 2 is 1.84 bits per heavy atom. The molecule has 0 spiro atoms. The van der Waals surface area contributed by atoms with Crippen molar-refractivity contribution in [2.75, 3.05) is 39.1 Å². The standard InChI is InChI=1S/C30H35F2N9O3.CH5N.CH2O2/c1-3-18-15-19(6-7-20(18)29(42)37-11-12-38-30(43)22(34)5-4-10-35-17-33)40-27-28-39-16-23(41(28)14-13-36-27)21-8-9-24(44-2)26(32)25(21)31;1-2;2-1-3/h6-9,13-17,22H,3-5,10-12,34H2,1-2H3,(H2,33,35)(H,36,40)(H,37,42)(H,38,43);2H2,1H3;1H,(H,2,3)/t22-;;/m1../s1. The highest BCUT2D eigenvalue weighted by Crippen LogP contribution is 2.31. The number of carbonyl (C=O) groups is 3. The molecule has 0 aliphatic carbocycles. The van der Waals surface area contributed by atoms with E-state index < -0.39 is 17.7 Å². The van der Waals surface area contributed by atoms with Crippen molar-refractivity contribution in [3.63, 3.8) is 0 Å². The van der Waals surface area contributed by atoms with E-state index in [1.807, 2.05) is 13.0 Å². The van der Waals surface area contributed by atoms with Gasteiger partial charge >= 0.3 is 0 Å². The monoisotopic (exact) mass is 684 g/mol.